The number of aliphatic hydroxyl groups excluding tert-OH is 2. The minimum atomic E-state index is -1.08. The van der Waals surface area contributed by atoms with Crippen molar-refractivity contribution in [1.82, 2.24) is 16.0 Å². The van der Waals surface area contributed by atoms with Crippen molar-refractivity contribution in [3.63, 3.8) is 0 Å². The van der Waals surface area contributed by atoms with Crippen LogP contribution in [-0.4, -0.2) is 128 Å². The van der Waals surface area contributed by atoms with Crippen molar-refractivity contribution >= 4 is 35.6 Å². The Balaban J connectivity index is -0.0000000406. The van der Waals surface area contributed by atoms with Crippen molar-refractivity contribution in [2.75, 3.05) is 72.4 Å². The largest absolute Gasteiger partial charge is 0.503 e. The average Bonchev–Trinajstić information content (AvgIpc) is 2.94. The molecular formula is C32H64N4O13Y2-2. The first-order valence-electron chi connectivity index (χ1n) is 14.6. The van der Waals surface area contributed by atoms with E-state index in [0.29, 0.717) is 52.7 Å². The van der Waals surface area contributed by atoms with E-state index in [1.165, 1.54) is 20.8 Å². The van der Waals surface area contributed by atoms with Gasteiger partial charge in [-0.05, 0) is 34.2 Å². The van der Waals surface area contributed by atoms with Crippen LogP contribution in [-0.2, 0) is 108 Å². The molecule has 3 amide bonds. The molecule has 0 fully saturated rings. The van der Waals surface area contributed by atoms with E-state index in [0.717, 1.165) is 13.5 Å². The molecule has 17 nitrogen and oxygen atoms in total. The summed E-state index contributed by atoms with van der Waals surface area (Å²) in [5, 5.41) is 38.8. The molecule has 0 rings (SSSR count). The van der Waals surface area contributed by atoms with Crippen molar-refractivity contribution in [1.29, 1.82) is 0 Å². The van der Waals surface area contributed by atoms with Crippen LogP contribution < -0.4 is 21.7 Å². The summed E-state index contributed by atoms with van der Waals surface area (Å²) in [6, 6.07) is 0. The number of hydrogen-bond donors (Lipinski definition) is 8. The zero-order valence-electron chi connectivity index (χ0n) is 32.0. The number of carboxylic acid groups (broad SMARTS) is 2. The summed E-state index contributed by atoms with van der Waals surface area (Å²) in [6.07, 6.45) is 9.19. The fourth-order valence-electron chi connectivity index (χ4n) is 1.33. The van der Waals surface area contributed by atoms with Crippen molar-refractivity contribution in [3.05, 3.63) is 13.8 Å². The summed E-state index contributed by atoms with van der Waals surface area (Å²) in [6.45, 7) is 24.4. The van der Waals surface area contributed by atoms with E-state index in [1.807, 2.05) is 13.8 Å². The van der Waals surface area contributed by atoms with Gasteiger partial charge in [-0.25, -0.2) is 0 Å². The predicted molar refractivity (Wildman–Crippen MR) is 190 cm³/mol. The number of terminal acetylenes is 2. The topological polar surface area (TPSA) is 273 Å². The van der Waals surface area contributed by atoms with Crippen LogP contribution in [0.15, 0.2) is 0 Å². The Morgan fingerprint density at radius 2 is 0.961 bits per heavy atom. The van der Waals surface area contributed by atoms with Crippen LogP contribution in [0.3, 0.4) is 0 Å². The SMILES string of the molecule is C#CC.C#CC.CC(=O)NCCOCCO.CC(=O)NCCOCCO.CC(=O)O.CCN.CCOC(C)=O.[CH2-]C(=O)NCC.[CH2-]C(=O)O.[Y].[Y]. The minimum absolute atomic E-state index is 0. The molecule has 0 bridgehead atoms. The minimum Gasteiger partial charge on any atom is -0.503 e. The first kappa shape index (κ1) is 78.0. The number of nitrogens with one attached hydrogen (secondary N) is 3. The summed E-state index contributed by atoms with van der Waals surface area (Å²) in [7, 11) is 0. The second kappa shape index (κ2) is 86.4. The predicted octanol–water partition coefficient (Wildman–Crippen LogP) is 0.0238. The van der Waals surface area contributed by atoms with Gasteiger partial charge in [0.25, 0.3) is 5.97 Å². The van der Waals surface area contributed by atoms with Crippen molar-refractivity contribution in [2.24, 2.45) is 5.73 Å². The summed E-state index contributed by atoms with van der Waals surface area (Å²) in [4.78, 5) is 58.1. The fourth-order valence-corrected chi connectivity index (χ4v) is 1.33. The van der Waals surface area contributed by atoms with Gasteiger partial charge >= 0.3 is 5.97 Å². The maximum absolute atomic E-state index is 10.3. The molecule has 51 heavy (non-hydrogen) atoms. The van der Waals surface area contributed by atoms with Gasteiger partial charge in [-0.15, -0.1) is 24.7 Å². The van der Waals surface area contributed by atoms with Gasteiger partial charge in [0.15, 0.2) is 5.97 Å². The van der Waals surface area contributed by atoms with Crippen LogP contribution in [0.2, 0.25) is 0 Å². The molecule has 19 heteroatoms. The number of nitrogens with two attached hydrogens (primary N) is 1. The smallest absolute Gasteiger partial charge is 0.302 e. The summed E-state index contributed by atoms with van der Waals surface area (Å²) < 4.78 is 14.1. The summed E-state index contributed by atoms with van der Waals surface area (Å²) in [5.41, 5.74) is 4.85. The third-order valence-corrected chi connectivity index (χ3v) is 2.43. The van der Waals surface area contributed by atoms with E-state index in [2.05, 4.69) is 59.2 Å². The molecule has 2 radical (unpaired) electrons. The van der Waals surface area contributed by atoms with Gasteiger partial charge in [0.1, 0.15) is 0 Å². The first-order valence-corrected chi connectivity index (χ1v) is 14.6. The number of aliphatic carboxylic acids is 2. The number of carboxylic acids is 2. The summed E-state index contributed by atoms with van der Waals surface area (Å²) >= 11 is 0. The Labute approximate surface area is 356 Å². The zero-order valence-corrected chi connectivity index (χ0v) is 37.7. The third kappa shape index (κ3) is 318. The van der Waals surface area contributed by atoms with Gasteiger partial charge < -0.3 is 68.0 Å². The molecule has 0 aromatic carbocycles. The molecule has 0 saturated carbocycles. The van der Waals surface area contributed by atoms with E-state index in [-0.39, 0.29) is 102 Å². The maximum atomic E-state index is 10.3. The molecule has 0 aromatic heterocycles. The molecule has 0 aliphatic carbocycles. The van der Waals surface area contributed by atoms with Gasteiger partial charge in [0, 0.05) is 113 Å². The molecule has 0 aromatic rings. The van der Waals surface area contributed by atoms with Crippen molar-refractivity contribution in [2.45, 2.75) is 62.3 Å². The number of aliphatic hydroxyl groups is 2. The number of rotatable bonds is 12. The molecule has 0 heterocycles. The molecule has 0 aliphatic heterocycles. The van der Waals surface area contributed by atoms with Gasteiger partial charge in [-0.2, -0.15) is 0 Å². The molecule has 0 saturated heterocycles. The van der Waals surface area contributed by atoms with E-state index in [9.17, 15) is 19.2 Å². The molecular weight excluding hydrogens is 826 g/mol. The molecule has 0 unspecified atom stereocenters. The van der Waals surface area contributed by atoms with Crippen LogP contribution in [0.25, 0.3) is 0 Å². The molecule has 298 valence electrons. The Morgan fingerprint density at radius 1 is 0.706 bits per heavy atom. The quantitative estimate of drug-likeness (QED) is 0.0556. The Kier molecular flexibility index (Phi) is 132. The third-order valence-electron chi connectivity index (χ3n) is 2.43. The van der Waals surface area contributed by atoms with Crippen LogP contribution >= 0.6 is 0 Å². The molecule has 0 atom stereocenters. The van der Waals surface area contributed by atoms with Crippen LogP contribution in [0, 0.1) is 38.5 Å². The summed E-state index contributed by atoms with van der Waals surface area (Å²) in [5.74, 6) is 2.04. The Hall–Kier alpha value is -2.31. The van der Waals surface area contributed by atoms with Gasteiger partial charge in [0.05, 0.1) is 52.2 Å². The van der Waals surface area contributed by atoms with Gasteiger partial charge in [0.2, 0.25) is 11.8 Å². The van der Waals surface area contributed by atoms with Crippen LogP contribution in [0.1, 0.15) is 62.3 Å². The molecule has 0 spiro atoms. The van der Waals surface area contributed by atoms with E-state index in [4.69, 9.17) is 45.2 Å². The number of carbonyl (C=O) groups is 6. The Bertz CT molecular complexity index is 739. The first-order chi connectivity index (χ1) is 22.8. The molecule has 0 aliphatic rings. The van der Waals surface area contributed by atoms with E-state index >= 15 is 0 Å². The number of esters is 1. The van der Waals surface area contributed by atoms with E-state index in [1.54, 1.807) is 20.8 Å². The van der Waals surface area contributed by atoms with Crippen molar-refractivity contribution in [3.8, 4) is 24.7 Å². The zero-order chi connectivity index (χ0) is 40.9. The standard InChI is InChI=1S/2C6H13NO3.C4H8NO.C4H8O2.2C3H4.C2H7N.C2H4O2.C2H3O2.2Y/c2*1-6(9)7-2-4-10-5-3-8;1-3-5-4(2)6;1-3-6-4(2)5;2*1-3-2;1-2-3;2*1-2(3)4;;/h2*8H,2-5H2,1H3,(H,7,9);2-3H2,1H3,(H,5,6);3H2,1-2H3;2*1H,2H3;2-3H2,1H3;1H3,(H,3,4);1H2,(H,3,4);;/q;;-1;;;;;;-1;;. The van der Waals surface area contributed by atoms with Crippen LogP contribution in [0.5, 0.6) is 0 Å². The second-order valence-corrected chi connectivity index (χ2v) is 7.41. The molecule has 9 N–H and O–H groups in total. The van der Waals surface area contributed by atoms with E-state index < -0.39 is 11.9 Å². The average molecular weight is 891 g/mol. The van der Waals surface area contributed by atoms with Gasteiger partial charge in [-0.1, -0.05) is 6.92 Å². The number of hydrogen-bond acceptors (Lipinski definition) is 12. The number of carbonyl (C=O) groups excluding carboxylic acids is 4. The van der Waals surface area contributed by atoms with Crippen molar-refractivity contribution < 1.29 is 129 Å². The van der Waals surface area contributed by atoms with Crippen LogP contribution in [0.4, 0.5) is 0 Å². The second-order valence-electron chi connectivity index (χ2n) is 7.41. The maximum Gasteiger partial charge on any atom is 0.302 e. The Morgan fingerprint density at radius 3 is 1.06 bits per heavy atom. The number of ether oxygens (including phenoxy) is 3. The van der Waals surface area contributed by atoms with Gasteiger partial charge in [-0.3, -0.25) is 30.9 Å². The normalized spacial score (nSPS) is 7.10. The fraction of sp³-hybridized carbons (Fsp3) is 0.625. The monoisotopic (exact) mass is 890 g/mol. The number of amides is 3.